The highest BCUT2D eigenvalue weighted by atomic mass is 35.5. The van der Waals surface area contributed by atoms with E-state index in [2.05, 4.69) is 16.3 Å². The van der Waals surface area contributed by atoms with E-state index in [0.29, 0.717) is 13.2 Å². The van der Waals surface area contributed by atoms with Crippen LogP contribution in [0, 0.1) is 5.92 Å². The number of para-hydroxylation sites is 2. The lowest BCUT2D eigenvalue weighted by Crippen LogP contribution is -2.51. The van der Waals surface area contributed by atoms with Gasteiger partial charge in [0.1, 0.15) is 5.75 Å². The van der Waals surface area contributed by atoms with E-state index in [4.69, 9.17) is 4.74 Å². The molecule has 1 N–H and O–H groups in total. The summed E-state index contributed by atoms with van der Waals surface area (Å²) in [6.07, 6.45) is 2.64. The number of piperazine rings is 1. The number of halogens is 2. The molecule has 1 amide bonds. The predicted molar refractivity (Wildman–Crippen MR) is 106 cm³/mol. The summed E-state index contributed by atoms with van der Waals surface area (Å²) in [5.41, 5.74) is 1.13. The van der Waals surface area contributed by atoms with Gasteiger partial charge < -0.3 is 19.9 Å². The number of hydrogen-bond acceptors (Lipinski definition) is 4. The number of amides is 1. The van der Waals surface area contributed by atoms with E-state index in [9.17, 15) is 4.79 Å². The third-order valence-corrected chi connectivity index (χ3v) is 4.54. The summed E-state index contributed by atoms with van der Waals surface area (Å²) in [5, 5.41) is 3.29. The number of carbonyl (C=O) groups is 1. The van der Waals surface area contributed by atoms with Crippen LogP contribution in [0.15, 0.2) is 24.3 Å². The van der Waals surface area contributed by atoms with Crippen molar-refractivity contribution in [2.24, 2.45) is 5.92 Å². The van der Waals surface area contributed by atoms with Crippen LogP contribution >= 0.6 is 24.8 Å². The van der Waals surface area contributed by atoms with Crippen LogP contribution in [0.1, 0.15) is 19.8 Å². The second-order valence-electron chi connectivity index (χ2n) is 6.34. The van der Waals surface area contributed by atoms with E-state index in [-0.39, 0.29) is 30.7 Å². The van der Waals surface area contributed by atoms with Gasteiger partial charge in [-0.05, 0) is 44.4 Å². The van der Waals surface area contributed by atoms with E-state index in [1.54, 1.807) is 0 Å². The fourth-order valence-electron chi connectivity index (χ4n) is 3.01. The third-order valence-electron chi connectivity index (χ3n) is 4.54. The van der Waals surface area contributed by atoms with Gasteiger partial charge in [-0.1, -0.05) is 12.1 Å². The highest BCUT2D eigenvalue weighted by Gasteiger charge is 2.24. The lowest BCUT2D eigenvalue weighted by atomic mass is 10.2. The van der Waals surface area contributed by atoms with E-state index in [0.717, 1.165) is 50.1 Å². The van der Waals surface area contributed by atoms with Crippen molar-refractivity contribution >= 4 is 36.4 Å². The Morgan fingerprint density at radius 1 is 1.16 bits per heavy atom. The lowest BCUT2D eigenvalue weighted by Gasteiger charge is -2.36. The molecule has 0 radical (unpaired) electrons. The molecule has 7 heteroatoms. The first-order valence-electron chi connectivity index (χ1n) is 8.73. The summed E-state index contributed by atoms with van der Waals surface area (Å²) in [6, 6.07) is 8.15. The van der Waals surface area contributed by atoms with Gasteiger partial charge in [0.15, 0.2) is 0 Å². The molecule has 5 nitrogen and oxygen atoms in total. The number of carbonyl (C=O) groups excluding carboxylic acids is 1. The standard InChI is InChI=1S/C18H27N3O2.2ClH/c1-2-23-17-6-4-3-5-16(17)20-9-11-21(12-10-20)18(22)14-19-13-15-7-8-15;;/h3-6,15,19H,2,7-14H2,1H3;2*1H. The van der Waals surface area contributed by atoms with E-state index in [1.165, 1.54) is 12.8 Å². The van der Waals surface area contributed by atoms with Crippen molar-refractivity contribution in [3.8, 4) is 5.75 Å². The Balaban J connectivity index is 0.00000156. The first-order valence-corrected chi connectivity index (χ1v) is 8.73. The maximum Gasteiger partial charge on any atom is 0.236 e. The van der Waals surface area contributed by atoms with E-state index >= 15 is 0 Å². The third kappa shape index (κ3) is 6.24. The van der Waals surface area contributed by atoms with Crippen LogP contribution in [0.3, 0.4) is 0 Å². The number of anilines is 1. The second-order valence-corrected chi connectivity index (χ2v) is 6.34. The molecule has 1 heterocycles. The van der Waals surface area contributed by atoms with Gasteiger partial charge in [0.2, 0.25) is 5.91 Å². The van der Waals surface area contributed by atoms with Gasteiger partial charge in [-0.2, -0.15) is 0 Å². The molecule has 1 aliphatic carbocycles. The minimum Gasteiger partial charge on any atom is -0.492 e. The number of nitrogens with zero attached hydrogens (tertiary/aromatic N) is 2. The molecule has 0 bridgehead atoms. The Morgan fingerprint density at radius 2 is 1.84 bits per heavy atom. The van der Waals surface area contributed by atoms with Gasteiger partial charge in [-0.3, -0.25) is 4.79 Å². The normalized spacial score (nSPS) is 16.7. The van der Waals surface area contributed by atoms with Gasteiger partial charge in [-0.25, -0.2) is 0 Å². The zero-order chi connectivity index (χ0) is 16.1. The number of hydrogen-bond donors (Lipinski definition) is 1. The molecule has 25 heavy (non-hydrogen) atoms. The molecule has 1 aromatic carbocycles. The van der Waals surface area contributed by atoms with Gasteiger partial charge in [0, 0.05) is 26.2 Å². The summed E-state index contributed by atoms with van der Waals surface area (Å²) >= 11 is 0. The zero-order valence-electron chi connectivity index (χ0n) is 14.8. The maximum atomic E-state index is 12.2. The number of benzene rings is 1. The van der Waals surface area contributed by atoms with Gasteiger partial charge in [0.05, 0.1) is 18.8 Å². The molecule has 2 fully saturated rings. The summed E-state index contributed by atoms with van der Waals surface area (Å²) in [6.45, 7) is 7.43. The van der Waals surface area contributed by atoms with Gasteiger partial charge in [0.25, 0.3) is 0 Å². The molecule has 1 aliphatic heterocycles. The first-order chi connectivity index (χ1) is 11.3. The highest BCUT2D eigenvalue weighted by molar-refractivity contribution is 5.85. The first kappa shape index (κ1) is 21.9. The Kier molecular flexibility index (Phi) is 9.39. The van der Waals surface area contributed by atoms with Crippen molar-refractivity contribution in [1.29, 1.82) is 0 Å². The maximum absolute atomic E-state index is 12.2. The van der Waals surface area contributed by atoms with Crippen LogP contribution in [0.5, 0.6) is 5.75 Å². The van der Waals surface area contributed by atoms with Crippen molar-refractivity contribution in [3.63, 3.8) is 0 Å². The summed E-state index contributed by atoms with van der Waals surface area (Å²) < 4.78 is 5.71. The average Bonchev–Trinajstić information content (AvgIpc) is 3.40. The minimum absolute atomic E-state index is 0. The minimum atomic E-state index is 0. The molecule has 0 atom stereocenters. The summed E-state index contributed by atoms with van der Waals surface area (Å²) in [4.78, 5) is 16.5. The Labute approximate surface area is 162 Å². The molecule has 1 aromatic rings. The van der Waals surface area contributed by atoms with Crippen molar-refractivity contribution in [3.05, 3.63) is 24.3 Å². The predicted octanol–water partition coefficient (Wildman–Crippen LogP) is 2.58. The molecule has 1 saturated carbocycles. The van der Waals surface area contributed by atoms with Crippen LogP contribution in [0.25, 0.3) is 0 Å². The molecular weight excluding hydrogens is 361 g/mol. The van der Waals surface area contributed by atoms with Crippen molar-refractivity contribution in [2.75, 3.05) is 50.8 Å². The molecule has 2 aliphatic rings. The van der Waals surface area contributed by atoms with Crippen LogP contribution in [0.4, 0.5) is 5.69 Å². The summed E-state index contributed by atoms with van der Waals surface area (Å²) in [5.74, 6) is 1.97. The van der Waals surface area contributed by atoms with Gasteiger partial charge >= 0.3 is 0 Å². The van der Waals surface area contributed by atoms with E-state index in [1.807, 2.05) is 30.0 Å². The number of ether oxygens (including phenoxy) is 1. The average molecular weight is 390 g/mol. The Hall–Kier alpha value is -1.17. The molecule has 1 saturated heterocycles. The van der Waals surface area contributed by atoms with Crippen molar-refractivity contribution in [1.82, 2.24) is 10.2 Å². The Morgan fingerprint density at radius 3 is 2.48 bits per heavy atom. The van der Waals surface area contributed by atoms with E-state index < -0.39 is 0 Å². The largest absolute Gasteiger partial charge is 0.492 e. The van der Waals surface area contributed by atoms with Crippen LogP contribution in [0.2, 0.25) is 0 Å². The SMILES string of the molecule is CCOc1ccccc1N1CCN(C(=O)CNCC2CC2)CC1.Cl.Cl. The quantitative estimate of drug-likeness (QED) is 0.778. The highest BCUT2D eigenvalue weighted by Crippen LogP contribution is 2.29. The fraction of sp³-hybridized carbons (Fsp3) is 0.611. The monoisotopic (exact) mass is 389 g/mol. The van der Waals surface area contributed by atoms with Crippen molar-refractivity contribution < 1.29 is 9.53 Å². The van der Waals surface area contributed by atoms with Crippen LogP contribution in [-0.2, 0) is 4.79 Å². The zero-order valence-corrected chi connectivity index (χ0v) is 16.4. The van der Waals surface area contributed by atoms with Crippen LogP contribution in [-0.4, -0.2) is 56.7 Å². The van der Waals surface area contributed by atoms with Gasteiger partial charge in [-0.15, -0.1) is 24.8 Å². The summed E-state index contributed by atoms with van der Waals surface area (Å²) in [7, 11) is 0. The lowest BCUT2D eigenvalue weighted by molar-refractivity contribution is -0.130. The second kappa shape index (κ2) is 10.7. The number of nitrogens with one attached hydrogen (secondary N) is 1. The molecule has 0 aromatic heterocycles. The van der Waals surface area contributed by atoms with Crippen LogP contribution < -0.4 is 15.0 Å². The Bertz CT molecular complexity index is 533. The fourth-order valence-corrected chi connectivity index (χ4v) is 3.01. The molecular formula is C18H29Cl2N3O2. The number of rotatable bonds is 7. The smallest absolute Gasteiger partial charge is 0.236 e. The molecule has 142 valence electrons. The van der Waals surface area contributed by atoms with Crippen molar-refractivity contribution in [2.45, 2.75) is 19.8 Å². The molecule has 3 rings (SSSR count). The molecule has 0 spiro atoms. The topological polar surface area (TPSA) is 44.8 Å². The molecule has 0 unspecified atom stereocenters.